The van der Waals surface area contributed by atoms with Gasteiger partial charge >= 0.3 is 6.18 Å². The highest BCUT2D eigenvalue weighted by Gasteiger charge is 2.36. The summed E-state index contributed by atoms with van der Waals surface area (Å²) in [5.41, 5.74) is 0.0341. The number of halogens is 3. The highest BCUT2D eigenvalue weighted by Crippen LogP contribution is 2.35. The molecule has 2 heterocycles. The van der Waals surface area contributed by atoms with Crippen molar-refractivity contribution in [2.45, 2.75) is 18.6 Å². The minimum absolute atomic E-state index is 0.314. The van der Waals surface area contributed by atoms with E-state index in [2.05, 4.69) is 15.6 Å². The maximum atomic E-state index is 13.1. The number of benzene rings is 2. The SMILES string of the molecule is O=C(CC1C(=O)Nc2nc3ccccc3n21)Nc1ccccc1C(F)(F)F. The van der Waals surface area contributed by atoms with E-state index in [0.717, 1.165) is 6.07 Å². The van der Waals surface area contributed by atoms with E-state index < -0.39 is 29.6 Å². The first kappa shape index (κ1) is 17.1. The molecular formula is C18H13F3N4O2. The van der Waals surface area contributed by atoms with Crippen LogP contribution in [-0.4, -0.2) is 21.4 Å². The van der Waals surface area contributed by atoms with Gasteiger partial charge in [-0.15, -0.1) is 0 Å². The molecule has 0 aliphatic carbocycles. The summed E-state index contributed by atoms with van der Waals surface area (Å²) in [6.45, 7) is 0. The summed E-state index contributed by atoms with van der Waals surface area (Å²) in [4.78, 5) is 28.9. The van der Waals surface area contributed by atoms with Crippen molar-refractivity contribution in [3.8, 4) is 0 Å². The Labute approximate surface area is 151 Å². The lowest BCUT2D eigenvalue weighted by molar-refractivity contribution is -0.137. The van der Waals surface area contributed by atoms with Crippen LogP contribution in [0.15, 0.2) is 48.5 Å². The smallest absolute Gasteiger partial charge is 0.325 e. The summed E-state index contributed by atoms with van der Waals surface area (Å²) in [5.74, 6) is -0.810. The number of aromatic nitrogens is 2. The van der Waals surface area contributed by atoms with Crippen molar-refractivity contribution >= 4 is 34.5 Å². The molecule has 0 spiro atoms. The topological polar surface area (TPSA) is 76.0 Å². The van der Waals surface area contributed by atoms with E-state index in [1.165, 1.54) is 18.2 Å². The minimum Gasteiger partial charge on any atom is -0.325 e. The van der Waals surface area contributed by atoms with Crippen LogP contribution < -0.4 is 10.6 Å². The van der Waals surface area contributed by atoms with Gasteiger partial charge in [-0.2, -0.15) is 13.2 Å². The molecule has 9 heteroatoms. The summed E-state index contributed by atoms with van der Waals surface area (Å²) in [7, 11) is 0. The van der Waals surface area contributed by atoms with Crippen molar-refractivity contribution < 1.29 is 22.8 Å². The summed E-state index contributed by atoms with van der Waals surface area (Å²) in [6, 6.07) is 10.9. The Morgan fingerprint density at radius 2 is 1.85 bits per heavy atom. The third-order valence-corrected chi connectivity index (χ3v) is 4.33. The van der Waals surface area contributed by atoms with Gasteiger partial charge in [0, 0.05) is 0 Å². The number of imidazole rings is 1. The second-order valence-corrected chi connectivity index (χ2v) is 6.09. The number of carbonyl (C=O) groups excluding carboxylic acids is 2. The van der Waals surface area contributed by atoms with Gasteiger partial charge in [0.1, 0.15) is 6.04 Å². The minimum atomic E-state index is -4.59. The van der Waals surface area contributed by atoms with Crippen LogP contribution in [-0.2, 0) is 15.8 Å². The first-order chi connectivity index (χ1) is 12.8. The van der Waals surface area contributed by atoms with Gasteiger partial charge in [-0.1, -0.05) is 24.3 Å². The molecule has 1 aliphatic rings. The average Bonchev–Trinajstić information content (AvgIpc) is 3.10. The predicted molar refractivity (Wildman–Crippen MR) is 92.1 cm³/mol. The Morgan fingerprint density at radius 1 is 1.15 bits per heavy atom. The van der Waals surface area contributed by atoms with Crippen molar-refractivity contribution in [3.05, 3.63) is 54.1 Å². The van der Waals surface area contributed by atoms with Gasteiger partial charge in [-0.3, -0.25) is 19.5 Å². The normalized spacial score (nSPS) is 16.3. The molecule has 1 unspecified atom stereocenters. The third kappa shape index (κ3) is 3.01. The van der Waals surface area contributed by atoms with Crippen LogP contribution >= 0.6 is 0 Å². The number of hydrogen-bond donors (Lipinski definition) is 2. The molecule has 0 saturated carbocycles. The zero-order valence-electron chi connectivity index (χ0n) is 13.7. The number of nitrogens with zero attached hydrogens (tertiary/aromatic N) is 2. The highest BCUT2D eigenvalue weighted by atomic mass is 19.4. The largest absolute Gasteiger partial charge is 0.418 e. The summed E-state index contributed by atoms with van der Waals surface area (Å²) < 4.78 is 40.8. The fraction of sp³-hybridized carbons (Fsp3) is 0.167. The number of rotatable bonds is 3. The van der Waals surface area contributed by atoms with Gasteiger partial charge in [-0.25, -0.2) is 4.98 Å². The predicted octanol–water partition coefficient (Wildman–Crippen LogP) is 3.58. The quantitative estimate of drug-likeness (QED) is 0.736. The number of para-hydroxylation sites is 3. The first-order valence-electron chi connectivity index (χ1n) is 8.08. The lowest BCUT2D eigenvalue weighted by Crippen LogP contribution is -2.24. The van der Waals surface area contributed by atoms with Crippen molar-refractivity contribution in [2.75, 3.05) is 10.6 Å². The zero-order valence-corrected chi connectivity index (χ0v) is 13.7. The number of amides is 2. The number of fused-ring (bicyclic) bond motifs is 3. The van der Waals surface area contributed by atoms with E-state index in [1.54, 1.807) is 28.8 Å². The molecule has 6 nitrogen and oxygen atoms in total. The Balaban J connectivity index is 1.59. The van der Waals surface area contributed by atoms with Gasteiger partial charge in [0.25, 0.3) is 0 Å². The summed E-state index contributed by atoms with van der Waals surface area (Å²) in [5, 5.41) is 4.86. The van der Waals surface area contributed by atoms with E-state index in [9.17, 15) is 22.8 Å². The highest BCUT2D eigenvalue weighted by molar-refractivity contribution is 6.03. The van der Waals surface area contributed by atoms with Crippen LogP contribution in [0.1, 0.15) is 18.0 Å². The van der Waals surface area contributed by atoms with Crippen molar-refractivity contribution in [2.24, 2.45) is 0 Å². The van der Waals surface area contributed by atoms with Crippen LogP contribution in [0.5, 0.6) is 0 Å². The van der Waals surface area contributed by atoms with Crippen LogP contribution in [0.3, 0.4) is 0 Å². The summed E-state index contributed by atoms with van der Waals surface area (Å²) >= 11 is 0. The third-order valence-electron chi connectivity index (χ3n) is 4.33. The molecular weight excluding hydrogens is 361 g/mol. The molecule has 3 aromatic rings. The molecule has 2 amide bonds. The standard InChI is InChI=1S/C18H13F3N4O2/c19-18(20,21)10-5-1-2-6-11(10)22-15(26)9-14-16(27)24-17-23-12-7-3-4-8-13(12)25(14)17/h1-8,14H,9H2,(H,22,26)(H,23,24,27). The van der Waals surface area contributed by atoms with Gasteiger partial charge < -0.3 is 5.32 Å². The monoisotopic (exact) mass is 374 g/mol. The first-order valence-corrected chi connectivity index (χ1v) is 8.08. The van der Waals surface area contributed by atoms with Gasteiger partial charge in [0.15, 0.2) is 0 Å². The fourth-order valence-electron chi connectivity index (χ4n) is 3.16. The Hall–Kier alpha value is -3.36. The molecule has 0 radical (unpaired) electrons. The molecule has 27 heavy (non-hydrogen) atoms. The molecule has 138 valence electrons. The maximum Gasteiger partial charge on any atom is 0.418 e. The maximum absolute atomic E-state index is 13.1. The van der Waals surface area contributed by atoms with Crippen LogP contribution in [0.2, 0.25) is 0 Å². The molecule has 1 aliphatic heterocycles. The Morgan fingerprint density at radius 3 is 2.63 bits per heavy atom. The molecule has 2 N–H and O–H groups in total. The van der Waals surface area contributed by atoms with Crippen LogP contribution in [0.25, 0.3) is 11.0 Å². The Kier molecular flexibility index (Phi) is 3.87. The lowest BCUT2D eigenvalue weighted by Gasteiger charge is -2.15. The Bertz CT molecular complexity index is 1060. The summed E-state index contributed by atoms with van der Waals surface area (Å²) in [6.07, 6.45) is -4.91. The van der Waals surface area contributed by atoms with Crippen molar-refractivity contribution in [3.63, 3.8) is 0 Å². The molecule has 0 fully saturated rings. The molecule has 2 aromatic carbocycles. The second-order valence-electron chi connectivity index (χ2n) is 6.09. The zero-order chi connectivity index (χ0) is 19.2. The van der Waals surface area contributed by atoms with Gasteiger partial charge in [0.2, 0.25) is 17.8 Å². The molecule has 4 rings (SSSR count). The number of alkyl halides is 3. The molecule has 1 aromatic heterocycles. The van der Waals surface area contributed by atoms with E-state index in [1.807, 2.05) is 0 Å². The van der Waals surface area contributed by atoms with Crippen molar-refractivity contribution in [1.29, 1.82) is 0 Å². The van der Waals surface area contributed by atoms with E-state index in [4.69, 9.17) is 0 Å². The number of carbonyl (C=O) groups is 2. The molecule has 0 bridgehead atoms. The number of nitrogens with one attached hydrogen (secondary N) is 2. The van der Waals surface area contributed by atoms with Crippen LogP contribution in [0, 0.1) is 0 Å². The fourth-order valence-corrected chi connectivity index (χ4v) is 3.16. The number of anilines is 2. The van der Waals surface area contributed by atoms with Gasteiger partial charge in [0.05, 0.1) is 28.7 Å². The lowest BCUT2D eigenvalue weighted by atomic mass is 10.1. The van der Waals surface area contributed by atoms with Gasteiger partial charge in [-0.05, 0) is 24.3 Å². The van der Waals surface area contributed by atoms with Crippen LogP contribution in [0.4, 0.5) is 24.8 Å². The van der Waals surface area contributed by atoms with E-state index in [-0.39, 0.29) is 12.1 Å². The molecule has 0 saturated heterocycles. The number of hydrogen-bond acceptors (Lipinski definition) is 3. The average molecular weight is 374 g/mol. The second kappa shape index (κ2) is 6.11. The van der Waals surface area contributed by atoms with E-state index >= 15 is 0 Å². The van der Waals surface area contributed by atoms with E-state index in [0.29, 0.717) is 17.0 Å². The molecule has 1 atom stereocenters. The van der Waals surface area contributed by atoms with Crippen molar-refractivity contribution in [1.82, 2.24) is 9.55 Å².